The Morgan fingerprint density at radius 3 is 2.75 bits per heavy atom. The standard InChI is InChI=1S/C8H16N2O2/c1-6(11)3-10-4-7(5-10)8(12)9-2/h6-7,11H,3-5H2,1-2H3,(H,9,12). The van der Waals surface area contributed by atoms with Crippen LogP contribution in [0.2, 0.25) is 0 Å². The Kier molecular flexibility index (Phi) is 3.05. The molecule has 0 aromatic heterocycles. The first-order valence-corrected chi connectivity index (χ1v) is 4.25. The Morgan fingerprint density at radius 2 is 2.33 bits per heavy atom. The summed E-state index contributed by atoms with van der Waals surface area (Å²) in [5, 5.41) is 11.6. The van der Waals surface area contributed by atoms with Crippen molar-refractivity contribution in [1.82, 2.24) is 10.2 Å². The summed E-state index contributed by atoms with van der Waals surface area (Å²) in [7, 11) is 1.65. The Hall–Kier alpha value is -0.610. The number of nitrogens with zero attached hydrogens (tertiary/aromatic N) is 1. The molecule has 1 atom stereocenters. The predicted octanol–water partition coefficient (Wildman–Crippen LogP) is -0.955. The maximum atomic E-state index is 11.0. The van der Waals surface area contributed by atoms with Crippen LogP contribution in [0.3, 0.4) is 0 Å². The molecular weight excluding hydrogens is 156 g/mol. The Bertz CT molecular complexity index is 164. The number of hydrogen-bond acceptors (Lipinski definition) is 3. The molecular formula is C8H16N2O2. The van der Waals surface area contributed by atoms with Gasteiger partial charge >= 0.3 is 0 Å². The van der Waals surface area contributed by atoms with Gasteiger partial charge in [0.15, 0.2) is 0 Å². The Balaban J connectivity index is 2.15. The highest BCUT2D eigenvalue weighted by Gasteiger charge is 2.31. The molecule has 0 aromatic rings. The normalized spacial score (nSPS) is 21.6. The van der Waals surface area contributed by atoms with Crippen LogP contribution in [-0.2, 0) is 4.79 Å². The second-order valence-electron chi connectivity index (χ2n) is 3.38. The summed E-state index contributed by atoms with van der Waals surface area (Å²) >= 11 is 0. The molecule has 2 N–H and O–H groups in total. The van der Waals surface area contributed by atoms with Gasteiger partial charge in [-0.2, -0.15) is 0 Å². The zero-order valence-corrected chi connectivity index (χ0v) is 7.58. The van der Waals surface area contributed by atoms with Crippen LogP contribution in [0.25, 0.3) is 0 Å². The van der Waals surface area contributed by atoms with Gasteiger partial charge in [-0.25, -0.2) is 0 Å². The molecule has 1 heterocycles. The number of aliphatic hydroxyl groups is 1. The lowest BCUT2D eigenvalue weighted by molar-refractivity contribution is -0.130. The van der Waals surface area contributed by atoms with Gasteiger partial charge in [-0.15, -0.1) is 0 Å². The predicted molar refractivity (Wildman–Crippen MR) is 45.7 cm³/mol. The third-order valence-corrected chi connectivity index (χ3v) is 2.10. The van der Waals surface area contributed by atoms with Gasteiger partial charge in [-0.05, 0) is 6.92 Å². The molecule has 70 valence electrons. The molecule has 1 amide bonds. The van der Waals surface area contributed by atoms with E-state index >= 15 is 0 Å². The summed E-state index contributed by atoms with van der Waals surface area (Å²) in [5.74, 6) is 0.241. The van der Waals surface area contributed by atoms with Crippen LogP contribution in [-0.4, -0.2) is 48.7 Å². The molecule has 0 radical (unpaired) electrons. The monoisotopic (exact) mass is 172 g/mol. The first-order chi connectivity index (χ1) is 5.63. The van der Waals surface area contributed by atoms with Crippen molar-refractivity contribution in [1.29, 1.82) is 0 Å². The number of likely N-dealkylation sites (tertiary alicyclic amines) is 1. The van der Waals surface area contributed by atoms with Gasteiger partial charge in [0.2, 0.25) is 5.91 Å². The van der Waals surface area contributed by atoms with E-state index < -0.39 is 0 Å². The van der Waals surface area contributed by atoms with Crippen LogP contribution in [0.4, 0.5) is 0 Å². The number of rotatable bonds is 3. The van der Waals surface area contributed by atoms with E-state index in [0.29, 0.717) is 6.54 Å². The highest BCUT2D eigenvalue weighted by atomic mass is 16.3. The molecule has 4 nitrogen and oxygen atoms in total. The van der Waals surface area contributed by atoms with Crippen molar-refractivity contribution in [3.05, 3.63) is 0 Å². The first kappa shape index (κ1) is 9.48. The van der Waals surface area contributed by atoms with Crippen molar-refractivity contribution >= 4 is 5.91 Å². The van der Waals surface area contributed by atoms with Crippen molar-refractivity contribution in [2.45, 2.75) is 13.0 Å². The Labute approximate surface area is 72.6 Å². The van der Waals surface area contributed by atoms with E-state index in [1.807, 2.05) is 0 Å². The van der Waals surface area contributed by atoms with Crippen molar-refractivity contribution in [2.75, 3.05) is 26.7 Å². The van der Waals surface area contributed by atoms with Crippen LogP contribution < -0.4 is 5.32 Å². The van der Waals surface area contributed by atoms with E-state index in [2.05, 4.69) is 10.2 Å². The average molecular weight is 172 g/mol. The van der Waals surface area contributed by atoms with Gasteiger partial charge < -0.3 is 10.4 Å². The van der Waals surface area contributed by atoms with E-state index in [-0.39, 0.29) is 17.9 Å². The summed E-state index contributed by atoms with van der Waals surface area (Å²) < 4.78 is 0. The number of carbonyl (C=O) groups excluding carboxylic acids is 1. The summed E-state index contributed by atoms with van der Waals surface area (Å²) in [4.78, 5) is 13.1. The van der Waals surface area contributed by atoms with E-state index in [1.165, 1.54) is 0 Å². The first-order valence-electron chi connectivity index (χ1n) is 4.25. The van der Waals surface area contributed by atoms with Crippen LogP contribution in [0.15, 0.2) is 0 Å². The molecule has 0 aromatic carbocycles. The largest absolute Gasteiger partial charge is 0.392 e. The highest BCUT2D eigenvalue weighted by Crippen LogP contribution is 2.15. The van der Waals surface area contributed by atoms with Gasteiger partial charge in [-0.1, -0.05) is 0 Å². The third-order valence-electron chi connectivity index (χ3n) is 2.10. The number of β-amino-alcohol motifs (C(OH)–C–C–N with tert-alkyl or cyclic N) is 1. The zero-order valence-electron chi connectivity index (χ0n) is 7.58. The van der Waals surface area contributed by atoms with Crippen molar-refractivity contribution in [2.24, 2.45) is 5.92 Å². The second-order valence-corrected chi connectivity index (χ2v) is 3.38. The fourth-order valence-electron chi connectivity index (χ4n) is 1.46. The van der Waals surface area contributed by atoms with Gasteiger partial charge in [0.25, 0.3) is 0 Å². The minimum atomic E-state index is -0.296. The topological polar surface area (TPSA) is 52.6 Å². The number of aliphatic hydroxyl groups excluding tert-OH is 1. The fraction of sp³-hybridized carbons (Fsp3) is 0.875. The fourth-order valence-corrected chi connectivity index (χ4v) is 1.46. The smallest absolute Gasteiger partial charge is 0.225 e. The third kappa shape index (κ3) is 2.19. The minimum absolute atomic E-state index is 0.108. The number of hydrogen-bond donors (Lipinski definition) is 2. The van der Waals surface area contributed by atoms with Gasteiger partial charge in [-0.3, -0.25) is 9.69 Å². The lowest BCUT2D eigenvalue weighted by Gasteiger charge is -2.38. The molecule has 1 unspecified atom stereocenters. The molecule has 1 saturated heterocycles. The van der Waals surface area contributed by atoms with Crippen LogP contribution >= 0.6 is 0 Å². The average Bonchev–Trinajstić information content (AvgIpc) is 1.94. The SMILES string of the molecule is CNC(=O)C1CN(CC(C)O)C1. The molecule has 1 rings (SSSR count). The summed E-state index contributed by atoms with van der Waals surface area (Å²) in [6.45, 7) is 4.00. The van der Waals surface area contributed by atoms with Crippen LogP contribution in [0, 0.1) is 5.92 Å². The van der Waals surface area contributed by atoms with Gasteiger partial charge in [0, 0.05) is 26.7 Å². The molecule has 4 heteroatoms. The molecule has 12 heavy (non-hydrogen) atoms. The summed E-state index contributed by atoms with van der Waals surface area (Å²) in [6.07, 6.45) is -0.296. The van der Waals surface area contributed by atoms with E-state index in [9.17, 15) is 4.79 Å². The van der Waals surface area contributed by atoms with E-state index in [0.717, 1.165) is 13.1 Å². The highest BCUT2D eigenvalue weighted by molar-refractivity contribution is 5.79. The molecule has 1 aliphatic heterocycles. The van der Waals surface area contributed by atoms with E-state index in [4.69, 9.17) is 5.11 Å². The quantitative estimate of drug-likeness (QED) is 0.577. The van der Waals surface area contributed by atoms with Crippen LogP contribution in [0.5, 0.6) is 0 Å². The zero-order chi connectivity index (χ0) is 9.14. The molecule has 1 aliphatic rings. The lowest BCUT2D eigenvalue weighted by Crippen LogP contribution is -2.54. The molecule has 0 spiro atoms. The van der Waals surface area contributed by atoms with Crippen molar-refractivity contribution < 1.29 is 9.90 Å². The summed E-state index contributed by atoms with van der Waals surface area (Å²) in [6, 6.07) is 0. The second kappa shape index (κ2) is 3.87. The van der Waals surface area contributed by atoms with E-state index in [1.54, 1.807) is 14.0 Å². The molecule has 0 bridgehead atoms. The van der Waals surface area contributed by atoms with Crippen molar-refractivity contribution in [3.8, 4) is 0 Å². The minimum Gasteiger partial charge on any atom is -0.392 e. The Morgan fingerprint density at radius 1 is 1.75 bits per heavy atom. The maximum Gasteiger partial charge on any atom is 0.225 e. The van der Waals surface area contributed by atoms with Gasteiger partial charge in [0.1, 0.15) is 0 Å². The molecule has 0 aliphatic carbocycles. The molecule has 1 fully saturated rings. The number of amides is 1. The van der Waals surface area contributed by atoms with Gasteiger partial charge in [0.05, 0.1) is 12.0 Å². The summed E-state index contributed by atoms with van der Waals surface area (Å²) in [5.41, 5.74) is 0. The van der Waals surface area contributed by atoms with Crippen LogP contribution in [0.1, 0.15) is 6.92 Å². The molecule has 0 saturated carbocycles. The maximum absolute atomic E-state index is 11.0. The van der Waals surface area contributed by atoms with Crippen molar-refractivity contribution in [3.63, 3.8) is 0 Å². The number of nitrogens with one attached hydrogen (secondary N) is 1. The number of carbonyl (C=O) groups is 1. The lowest BCUT2D eigenvalue weighted by atomic mass is 9.99.